The van der Waals surface area contributed by atoms with Gasteiger partial charge in [-0.1, -0.05) is 5.16 Å². The van der Waals surface area contributed by atoms with Crippen molar-refractivity contribution < 1.29 is 14.1 Å². The van der Waals surface area contributed by atoms with Crippen molar-refractivity contribution in [1.29, 1.82) is 0 Å². The van der Waals surface area contributed by atoms with E-state index in [1.54, 1.807) is 13.8 Å². The maximum absolute atomic E-state index is 11.5. The summed E-state index contributed by atoms with van der Waals surface area (Å²) in [6, 6.07) is 3.79. The maximum Gasteiger partial charge on any atom is 0.318 e. The van der Waals surface area contributed by atoms with Gasteiger partial charge in [0.25, 0.3) is 0 Å². The van der Waals surface area contributed by atoms with Crippen LogP contribution in [0.3, 0.4) is 0 Å². The molecule has 0 bridgehead atoms. The Balaban J connectivity index is 2.17. The Morgan fingerprint density at radius 1 is 1.61 bits per heavy atom. The molecule has 1 unspecified atom stereocenters. The molecule has 7 heteroatoms. The molecular formula is C11H11BrN2O3S. The number of carbonyl (C=O) groups excluding carboxylic acids is 1. The van der Waals surface area contributed by atoms with E-state index in [0.717, 1.165) is 8.66 Å². The molecule has 0 saturated heterocycles. The normalized spacial score (nSPS) is 12.4. The van der Waals surface area contributed by atoms with E-state index in [9.17, 15) is 4.79 Å². The van der Waals surface area contributed by atoms with Crippen LogP contribution in [0.25, 0.3) is 10.7 Å². The lowest BCUT2D eigenvalue weighted by Gasteiger charge is -2.04. The standard InChI is InChI=1S/C11H11BrN2O3S/c1-3-16-11(15)6(2)10-13-9(14-17-10)7-4-5-8(12)18-7/h4-6H,3H2,1-2H3. The number of thiophene rings is 1. The molecule has 0 aliphatic carbocycles. The van der Waals surface area contributed by atoms with E-state index < -0.39 is 5.92 Å². The molecule has 96 valence electrons. The van der Waals surface area contributed by atoms with Crippen LogP contribution in [0.2, 0.25) is 0 Å². The molecule has 0 N–H and O–H groups in total. The molecule has 0 saturated carbocycles. The first-order valence-corrected chi connectivity index (χ1v) is 6.98. The third-order valence-corrected chi connectivity index (χ3v) is 3.87. The third kappa shape index (κ3) is 2.78. The van der Waals surface area contributed by atoms with Gasteiger partial charge in [0.15, 0.2) is 0 Å². The second-order valence-corrected chi connectivity index (χ2v) is 6.00. The molecule has 0 aliphatic rings. The first-order chi connectivity index (χ1) is 8.61. The molecule has 0 amide bonds. The molecule has 0 fully saturated rings. The van der Waals surface area contributed by atoms with Crippen LogP contribution in [0, 0.1) is 0 Å². The maximum atomic E-state index is 11.5. The fourth-order valence-electron chi connectivity index (χ4n) is 1.31. The SMILES string of the molecule is CCOC(=O)C(C)c1nc(-c2ccc(Br)s2)no1. The van der Waals surface area contributed by atoms with Crippen molar-refractivity contribution in [2.45, 2.75) is 19.8 Å². The predicted molar refractivity (Wildman–Crippen MR) is 70.4 cm³/mol. The molecule has 2 aromatic heterocycles. The van der Waals surface area contributed by atoms with Gasteiger partial charge in [-0.25, -0.2) is 0 Å². The minimum absolute atomic E-state index is 0.271. The summed E-state index contributed by atoms with van der Waals surface area (Å²) in [5.41, 5.74) is 0. The van der Waals surface area contributed by atoms with Crippen LogP contribution < -0.4 is 0 Å². The van der Waals surface area contributed by atoms with Crippen LogP contribution in [-0.2, 0) is 9.53 Å². The molecular weight excluding hydrogens is 320 g/mol. The summed E-state index contributed by atoms with van der Waals surface area (Å²) < 4.78 is 11.0. The average molecular weight is 331 g/mol. The molecule has 2 aromatic rings. The summed E-state index contributed by atoms with van der Waals surface area (Å²) in [5.74, 6) is -0.153. The van der Waals surface area contributed by atoms with E-state index >= 15 is 0 Å². The summed E-state index contributed by atoms with van der Waals surface area (Å²) in [6.45, 7) is 3.77. The van der Waals surface area contributed by atoms with E-state index in [2.05, 4.69) is 26.1 Å². The van der Waals surface area contributed by atoms with Crippen LogP contribution in [-0.4, -0.2) is 22.7 Å². The zero-order valence-corrected chi connectivity index (χ0v) is 12.2. The fraction of sp³-hybridized carbons (Fsp3) is 0.364. The van der Waals surface area contributed by atoms with Crippen molar-refractivity contribution in [3.8, 4) is 10.7 Å². The molecule has 2 rings (SSSR count). The van der Waals surface area contributed by atoms with Gasteiger partial charge in [-0.05, 0) is 41.9 Å². The molecule has 0 aliphatic heterocycles. The quantitative estimate of drug-likeness (QED) is 0.805. The highest BCUT2D eigenvalue weighted by Crippen LogP contribution is 2.30. The van der Waals surface area contributed by atoms with Crippen molar-refractivity contribution in [1.82, 2.24) is 10.1 Å². The molecule has 2 heterocycles. The minimum atomic E-state index is -0.547. The number of nitrogens with zero attached hydrogens (tertiary/aromatic N) is 2. The first kappa shape index (κ1) is 13.2. The number of halogens is 1. The lowest BCUT2D eigenvalue weighted by molar-refractivity contribution is -0.145. The zero-order valence-electron chi connectivity index (χ0n) is 9.84. The highest BCUT2D eigenvalue weighted by atomic mass is 79.9. The smallest absolute Gasteiger partial charge is 0.318 e. The molecule has 5 nitrogen and oxygen atoms in total. The van der Waals surface area contributed by atoms with Crippen LogP contribution in [0.1, 0.15) is 25.7 Å². The predicted octanol–water partition coefficient (Wildman–Crippen LogP) is 3.23. The Labute approximate surface area is 116 Å². The zero-order chi connectivity index (χ0) is 13.1. The van der Waals surface area contributed by atoms with Gasteiger partial charge < -0.3 is 9.26 Å². The number of carbonyl (C=O) groups is 1. The van der Waals surface area contributed by atoms with E-state index in [4.69, 9.17) is 9.26 Å². The number of hydrogen-bond donors (Lipinski definition) is 0. The van der Waals surface area contributed by atoms with Gasteiger partial charge >= 0.3 is 5.97 Å². The number of aromatic nitrogens is 2. The Kier molecular flexibility index (Phi) is 4.13. The van der Waals surface area contributed by atoms with Crippen LogP contribution in [0.15, 0.2) is 20.4 Å². The van der Waals surface area contributed by atoms with Gasteiger partial charge in [0.1, 0.15) is 5.92 Å². The summed E-state index contributed by atoms with van der Waals surface area (Å²) >= 11 is 4.87. The largest absolute Gasteiger partial charge is 0.465 e. The van der Waals surface area contributed by atoms with Gasteiger partial charge in [-0.3, -0.25) is 4.79 Å². The topological polar surface area (TPSA) is 65.2 Å². The monoisotopic (exact) mass is 330 g/mol. The number of esters is 1. The summed E-state index contributed by atoms with van der Waals surface area (Å²) in [5, 5.41) is 3.86. The Morgan fingerprint density at radius 2 is 2.39 bits per heavy atom. The van der Waals surface area contributed by atoms with Gasteiger partial charge in [0.2, 0.25) is 11.7 Å². The molecule has 0 aromatic carbocycles. The van der Waals surface area contributed by atoms with Crippen LogP contribution in [0.5, 0.6) is 0 Å². The van der Waals surface area contributed by atoms with Gasteiger partial charge in [-0.2, -0.15) is 4.98 Å². The lowest BCUT2D eigenvalue weighted by atomic mass is 10.2. The molecule has 0 spiro atoms. The third-order valence-electron chi connectivity index (χ3n) is 2.25. The van der Waals surface area contributed by atoms with Crippen molar-refractivity contribution in [3.63, 3.8) is 0 Å². The van der Waals surface area contributed by atoms with E-state index in [-0.39, 0.29) is 11.9 Å². The summed E-state index contributed by atoms with van der Waals surface area (Å²) in [4.78, 5) is 16.6. The average Bonchev–Trinajstić information content (AvgIpc) is 2.96. The lowest BCUT2D eigenvalue weighted by Crippen LogP contribution is -2.13. The van der Waals surface area contributed by atoms with Crippen LogP contribution >= 0.6 is 27.3 Å². The van der Waals surface area contributed by atoms with Gasteiger partial charge in [-0.15, -0.1) is 11.3 Å². The van der Waals surface area contributed by atoms with E-state index in [0.29, 0.717) is 12.4 Å². The van der Waals surface area contributed by atoms with E-state index in [1.807, 2.05) is 12.1 Å². The van der Waals surface area contributed by atoms with Crippen molar-refractivity contribution in [3.05, 3.63) is 21.8 Å². The van der Waals surface area contributed by atoms with Crippen LogP contribution in [0.4, 0.5) is 0 Å². The number of ether oxygens (including phenoxy) is 1. The van der Waals surface area contributed by atoms with Crippen molar-refractivity contribution >= 4 is 33.2 Å². The molecule has 1 atom stereocenters. The molecule has 0 radical (unpaired) electrons. The highest BCUT2D eigenvalue weighted by Gasteiger charge is 2.23. The van der Waals surface area contributed by atoms with E-state index in [1.165, 1.54) is 11.3 Å². The van der Waals surface area contributed by atoms with Gasteiger partial charge in [0.05, 0.1) is 15.3 Å². The first-order valence-electron chi connectivity index (χ1n) is 5.37. The highest BCUT2D eigenvalue weighted by molar-refractivity contribution is 9.11. The van der Waals surface area contributed by atoms with Crippen molar-refractivity contribution in [2.75, 3.05) is 6.61 Å². The van der Waals surface area contributed by atoms with Crippen molar-refractivity contribution in [2.24, 2.45) is 0 Å². The summed E-state index contributed by atoms with van der Waals surface area (Å²) in [7, 11) is 0. The fourth-order valence-corrected chi connectivity index (χ4v) is 2.63. The second-order valence-electron chi connectivity index (χ2n) is 3.53. The summed E-state index contributed by atoms with van der Waals surface area (Å²) in [6.07, 6.45) is 0. The Morgan fingerprint density at radius 3 is 3.00 bits per heavy atom. The number of hydrogen-bond acceptors (Lipinski definition) is 6. The van der Waals surface area contributed by atoms with Gasteiger partial charge in [0, 0.05) is 0 Å². The Bertz CT molecular complexity index is 552. The minimum Gasteiger partial charge on any atom is -0.465 e. The number of rotatable bonds is 4. The second kappa shape index (κ2) is 5.62. The molecule has 18 heavy (non-hydrogen) atoms. The Hall–Kier alpha value is -1.21.